The molecule has 0 radical (unpaired) electrons. The topological polar surface area (TPSA) is 75.4 Å². The fraction of sp³-hybridized carbons (Fsp3) is 0.471. The maximum absolute atomic E-state index is 12.5. The summed E-state index contributed by atoms with van der Waals surface area (Å²) < 4.78 is 5.04. The van der Waals surface area contributed by atoms with E-state index in [0.29, 0.717) is 22.7 Å². The van der Waals surface area contributed by atoms with Crippen molar-refractivity contribution in [2.75, 3.05) is 18.4 Å². The lowest BCUT2D eigenvalue weighted by atomic mass is 9.92. The Kier molecular flexibility index (Phi) is 4.99. The van der Waals surface area contributed by atoms with E-state index in [9.17, 15) is 9.59 Å². The molecule has 7 heteroatoms. The number of furan rings is 1. The fourth-order valence-corrected chi connectivity index (χ4v) is 3.85. The molecule has 0 saturated carbocycles. The summed E-state index contributed by atoms with van der Waals surface area (Å²) in [6.45, 7) is 5.99. The number of carbonyl (C=O) groups is 2. The van der Waals surface area contributed by atoms with E-state index < -0.39 is 0 Å². The van der Waals surface area contributed by atoms with Crippen molar-refractivity contribution in [2.45, 2.75) is 26.7 Å². The van der Waals surface area contributed by atoms with Crippen molar-refractivity contribution in [1.29, 1.82) is 0 Å². The van der Waals surface area contributed by atoms with Gasteiger partial charge in [0.05, 0.1) is 18.4 Å². The van der Waals surface area contributed by atoms with Gasteiger partial charge >= 0.3 is 0 Å². The molecule has 3 rings (SSSR count). The zero-order chi connectivity index (χ0) is 17.1. The number of anilines is 1. The molecule has 0 aromatic carbocycles. The second kappa shape index (κ2) is 7.17. The third kappa shape index (κ3) is 4.03. The number of amides is 2. The lowest BCUT2D eigenvalue weighted by Gasteiger charge is -2.35. The standard InChI is InChI=1S/C17H21N3O3S/c1-11-6-12(2)9-20(8-11)15(21)7-13-10-24-17(18-13)19-16(22)14-4-3-5-23-14/h3-5,10-12H,6-9H2,1-2H3,(H,18,19,22)/t11-,12-/m0/s1. The van der Waals surface area contributed by atoms with Gasteiger partial charge in [0.25, 0.3) is 5.91 Å². The van der Waals surface area contributed by atoms with Gasteiger partial charge in [-0.15, -0.1) is 11.3 Å². The van der Waals surface area contributed by atoms with Gasteiger partial charge in [-0.25, -0.2) is 4.98 Å². The smallest absolute Gasteiger partial charge is 0.293 e. The largest absolute Gasteiger partial charge is 0.459 e. The molecule has 24 heavy (non-hydrogen) atoms. The Balaban J connectivity index is 1.57. The molecular formula is C17H21N3O3S. The first-order valence-corrected chi connectivity index (χ1v) is 8.96. The highest BCUT2D eigenvalue weighted by Gasteiger charge is 2.25. The normalized spacial score (nSPS) is 20.8. The Labute approximate surface area is 144 Å². The highest BCUT2D eigenvalue weighted by Crippen LogP contribution is 2.22. The molecule has 0 aliphatic carbocycles. The summed E-state index contributed by atoms with van der Waals surface area (Å²) in [7, 11) is 0. The van der Waals surface area contributed by atoms with E-state index in [2.05, 4.69) is 24.1 Å². The summed E-state index contributed by atoms with van der Waals surface area (Å²) >= 11 is 1.31. The summed E-state index contributed by atoms with van der Waals surface area (Å²) in [4.78, 5) is 30.6. The van der Waals surface area contributed by atoms with Gasteiger partial charge < -0.3 is 9.32 Å². The van der Waals surface area contributed by atoms with E-state index in [1.165, 1.54) is 24.0 Å². The minimum Gasteiger partial charge on any atom is -0.459 e. The molecule has 1 aliphatic heterocycles. The van der Waals surface area contributed by atoms with Crippen LogP contribution in [0, 0.1) is 11.8 Å². The molecule has 2 aromatic rings. The van der Waals surface area contributed by atoms with Crippen molar-refractivity contribution in [3.8, 4) is 0 Å². The predicted octanol–water partition coefficient (Wildman–Crippen LogP) is 3.04. The van der Waals surface area contributed by atoms with Crippen LogP contribution in [0.1, 0.15) is 36.5 Å². The number of hydrogen-bond donors (Lipinski definition) is 1. The lowest BCUT2D eigenvalue weighted by Crippen LogP contribution is -2.43. The van der Waals surface area contributed by atoms with Crippen molar-refractivity contribution < 1.29 is 14.0 Å². The minimum absolute atomic E-state index is 0.0996. The van der Waals surface area contributed by atoms with E-state index >= 15 is 0 Å². The van der Waals surface area contributed by atoms with Crippen molar-refractivity contribution in [1.82, 2.24) is 9.88 Å². The number of thiazole rings is 1. The van der Waals surface area contributed by atoms with Gasteiger partial charge in [-0.05, 0) is 30.4 Å². The molecule has 1 aliphatic rings. The molecule has 1 saturated heterocycles. The Morgan fingerprint density at radius 2 is 2.12 bits per heavy atom. The molecule has 0 bridgehead atoms. The number of aromatic nitrogens is 1. The summed E-state index contributed by atoms with van der Waals surface area (Å²) in [6, 6.07) is 3.24. The van der Waals surface area contributed by atoms with Crippen LogP contribution in [0.5, 0.6) is 0 Å². The van der Waals surface area contributed by atoms with Crippen LogP contribution in [0.2, 0.25) is 0 Å². The first-order chi connectivity index (χ1) is 11.5. The molecule has 3 heterocycles. The number of rotatable bonds is 4. The molecule has 1 fully saturated rings. The van der Waals surface area contributed by atoms with Crippen LogP contribution < -0.4 is 5.32 Å². The maximum Gasteiger partial charge on any atom is 0.293 e. The number of piperidine rings is 1. The van der Waals surface area contributed by atoms with Crippen LogP contribution in [-0.2, 0) is 11.2 Å². The van der Waals surface area contributed by atoms with Crippen molar-refractivity contribution in [2.24, 2.45) is 11.8 Å². The van der Waals surface area contributed by atoms with Gasteiger partial charge in [0, 0.05) is 18.5 Å². The predicted molar refractivity (Wildman–Crippen MR) is 92.0 cm³/mol. The molecule has 6 nitrogen and oxygen atoms in total. The molecule has 0 spiro atoms. The molecule has 2 aromatic heterocycles. The van der Waals surface area contributed by atoms with Gasteiger partial charge in [0.2, 0.25) is 5.91 Å². The molecular weight excluding hydrogens is 326 g/mol. The number of nitrogens with zero attached hydrogens (tertiary/aromatic N) is 2. The summed E-state index contributed by atoms with van der Waals surface area (Å²) in [6.07, 6.45) is 2.89. The van der Waals surface area contributed by atoms with Crippen LogP contribution in [0.3, 0.4) is 0 Å². The molecule has 128 valence electrons. The van der Waals surface area contributed by atoms with E-state index in [0.717, 1.165) is 13.1 Å². The van der Waals surface area contributed by atoms with E-state index in [1.807, 2.05) is 10.3 Å². The number of hydrogen-bond acceptors (Lipinski definition) is 5. The maximum atomic E-state index is 12.5. The van der Waals surface area contributed by atoms with Crippen LogP contribution in [-0.4, -0.2) is 34.8 Å². The number of carbonyl (C=O) groups excluding carboxylic acids is 2. The van der Waals surface area contributed by atoms with Crippen LogP contribution in [0.15, 0.2) is 28.2 Å². The summed E-state index contributed by atoms with van der Waals surface area (Å²) in [5, 5.41) is 4.97. The highest BCUT2D eigenvalue weighted by atomic mass is 32.1. The van der Waals surface area contributed by atoms with Gasteiger partial charge in [0.15, 0.2) is 10.9 Å². The van der Waals surface area contributed by atoms with Crippen LogP contribution in [0.25, 0.3) is 0 Å². The van der Waals surface area contributed by atoms with Crippen LogP contribution in [0.4, 0.5) is 5.13 Å². The Morgan fingerprint density at radius 1 is 1.38 bits per heavy atom. The molecule has 2 atom stereocenters. The second-order valence-electron chi connectivity index (χ2n) is 6.50. The molecule has 0 unspecified atom stereocenters. The van der Waals surface area contributed by atoms with E-state index in [4.69, 9.17) is 4.42 Å². The van der Waals surface area contributed by atoms with Crippen molar-refractivity contribution in [3.63, 3.8) is 0 Å². The Morgan fingerprint density at radius 3 is 2.79 bits per heavy atom. The first kappa shape index (κ1) is 16.7. The molecule has 1 N–H and O–H groups in total. The summed E-state index contributed by atoms with van der Waals surface area (Å²) in [5.74, 6) is 1.07. The lowest BCUT2D eigenvalue weighted by molar-refractivity contribution is -0.133. The SMILES string of the molecule is C[C@H]1C[C@H](C)CN(C(=O)Cc2csc(NC(=O)c3ccco3)n2)C1. The fourth-order valence-electron chi connectivity index (χ4n) is 3.15. The second-order valence-corrected chi connectivity index (χ2v) is 7.36. The average molecular weight is 347 g/mol. The average Bonchev–Trinajstić information content (AvgIpc) is 3.18. The van der Waals surface area contributed by atoms with Gasteiger partial charge in [0.1, 0.15) is 0 Å². The van der Waals surface area contributed by atoms with Crippen molar-refractivity contribution in [3.05, 3.63) is 35.2 Å². The van der Waals surface area contributed by atoms with Crippen molar-refractivity contribution >= 4 is 28.3 Å². The zero-order valence-corrected chi connectivity index (χ0v) is 14.6. The highest BCUT2D eigenvalue weighted by molar-refractivity contribution is 7.14. The minimum atomic E-state index is -0.342. The third-order valence-electron chi connectivity index (χ3n) is 4.07. The Bertz CT molecular complexity index is 700. The van der Waals surface area contributed by atoms with Gasteiger partial charge in [-0.2, -0.15) is 0 Å². The van der Waals surface area contributed by atoms with Gasteiger partial charge in [-0.1, -0.05) is 13.8 Å². The van der Waals surface area contributed by atoms with E-state index in [-0.39, 0.29) is 24.0 Å². The van der Waals surface area contributed by atoms with E-state index in [1.54, 1.807) is 12.1 Å². The van der Waals surface area contributed by atoms with Crippen LogP contribution >= 0.6 is 11.3 Å². The first-order valence-electron chi connectivity index (χ1n) is 8.08. The molecule has 2 amide bonds. The quantitative estimate of drug-likeness (QED) is 0.922. The van der Waals surface area contributed by atoms with Gasteiger partial charge in [-0.3, -0.25) is 14.9 Å². The zero-order valence-electron chi connectivity index (χ0n) is 13.8. The number of likely N-dealkylation sites (tertiary alicyclic amines) is 1. The summed E-state index contributed by atoms with van der Waals surface area (Å²) in [5.41, 5.74) is 0.686. The monoisotopic (exact) mass is 347 g/mol. The number of nitrogens with one attached hydrogen (secondary N) is 1. The Hall–Kier alpha value is -2.15. The third-order valence-corrected chi connectivity index (χ3v) is 4.88.